The summed E-state index contributed by atoms with van der Waals surface area (Å²) in [5, 5.41) is 0.159. The molecule has 0 aliphatic carbocycles. The third-order valence-electron chi connectivity index (χ3n) is 1.79. The molecule has 1 heterocycles. The molecule has 0 N–H and O–H groups in total. The van der Waals surface area contributed by atoms with Crippen LogP contribution in [0.5, 0.6) is 0 Å². The Morgan fingerprint density at radius 2 is 2.33 bits per heavy atom. The van der Waals surface area contributed by atoms with Crippen LogP contribution < -0.4 is 5.49 Å². The molecular formula is C11H11ClN2O. The summed E-state index contributed by atoms with van der Waals surface area (Å²) in [6.07, 6.45) is 5.41. The molecule has 4 heteroatoms. The normalized spacial score (nSPS) is 12.7. The van der Waals surface area contributed by atoms with Gasteiger partial charge in [-0.2, -0.15) is 0 Å². The minimum atomic E-state index is 0.159. The smallest absolute Gasteiger partial charge is 0.145 e. The topological polar surface area (TPSA) is 34.4 Å². The molecule has 0 radical (unpaired) electrons. The second-order valence-electron chi connectivity index (χ2n) is 2.87. The molecule has 1 aromatic heterocycles. The molecule has 0 bridgehead atoms. The van der Waals surface area contributed by atoms with E-state index in [1.807, 2.05) is 19.3 Å². The Kier molecular flexibility index (Phi) is 4.06. The fourth-order valence-electron chi connectivity index (χ4n) is 1.06. The van der Waals surface area contributed by atoms with Gasteiger partial charge in [0.15, 0.2) is 0 Å². The third kappa shape index (κ3) is 3.22. The van der Waals surface area contributed by atoms with E-state index in [9.17, 15) is 4.79 Å². The zero-order valence-corrected chi connectivity index (χ0v) is 9.11. The first-order valence-electron chi connectivity index (χ1n) is 4.32. The average molecular weight is 223 g/mol. The van der Waals surface area contributed by atoms with Crippen molar-refractivity contribution >= 4 is 24.0 Å². The van der Waals surface area contributed by atoms with Crippen molar-refractivity contribution in [2.75, 3.05) is 0 Å². The lowest BCUT2D eigenvalue weighted by Crippen LogP contribution is -2.16. The highest BCUT2D eigenvalue weighted by Crippen LogP contribution is 2.00. The second-order valence-corrected chi connectivity index (χ2v) is 3.26. The Bertz CT molecular complexity index is 472. The maximum Gasteiger partial charge on any atom is 0.145 e. The van der Waals surface area contributed by atoms with Gasteiger partial charge in [0.1, 0.15) is 16.9 Å². The molecule has 0 fully saturated rings. The number of carbonyl (C=O) groups excluding carboxylic acids is 1. The molecule has 1 rings (SSSR count). The number of pyridine rings is 1. The van der Waals surface area contributed by atoms with Crippen LogP contribution in [0.25, 0.3) is 6.08 Å². The third-order valence-corrected chi connectivity index (χ3v) is 2.00. The number of carbonyl (C=O) groups is 1. The van der Waals surface area contributed by atoms with Gasteiger partial charge in [-0.3, -0.25) is 4.79 Å². The summed E-state index contributed by atoms with van der Waals surface area (Å²) in [5.41, 5.74) is 1.66. The van der Waals surface area contributed by atoms with Gasteiger partial charge in [0.05, 0.1) is 0 Å². The molecule has 78 valence electrons. The van der Waals surface area contributed by atoms with Crippen molar-refractivity contribution in [2.45, 2.75) is 0 Å². The summed E-state index contributed by atoms with van der Waals surface area (Å²) in [6.45, 7) is 3.66. The number of aldehydes is 1. The first-order chi connectivity index (χ1) is 7.17. The van der Waals surface area contributed by atoms with Gasteiger partial charge >= 0.3 is 0 Å². The van der Waals surface area contributed by atoms with Gasteiger partial charge in [0.25, 0.3) is 0 Å². The van der Waals surface area contributed by atoms with Crippen molar-refractivity contribution in [1.82, 2.24) is 4.57 Å². The summed E-state index contributed by atoms with van der Waals surface area (Å²) in [6, 6.07) is 3.68. The van der Waals surface area contributed by atoms with Crippen molar-refractivity contribution in [1.29, 1.82) is 0 Å². The molecule has 0 saturated carbocycles. The summed E-state index contributed by atoms with van der Waals surface area (Å²) in [7, 11) is 1.84. The highest BCUT2D eigenvalue weighted by molar-refractivity contribution is 6.30. The van der Waals surface area contributed by atoms with Gasteiger partial charge in [-0.15, -0.1) is 0 Å². The molecule has 0 amide bonds. The van der Waals surface area contributed by atoms with Crippen LogP contribution in [0.1, 0.15) is 5.56 Å². The first-order valence-corrected chi connectivity index (χ1v) is 4.70. The van der Waals surface area contributed by atoms with Crippen molar-refractivity contribution < 1.29 is 4.79 Å². The van der Waals surface area contributed by atoms with Crippen LogP contribution in [0, 0.1) is 0 Å². The quantitative estimate of drug-likeness (QED) is 0.437. The highest BCUT2D eigenvalue weighted by Gasteiger charge is 1.91. The molecule has 0 atom stereocenters. The standard InChI is InChI=1S/C11H11ClN2O/c1-3-9-4-5-11(14(2)8-9)13-10(12)6-7-15/h3-8H,1H2,2H3/b10-6-,13-11-. The molecule has 1 aromatic rings. The van der Waals surface area contributed by atoms with Crippen LogP contribution in [0.4, 0.5) is 0 Å². The molecule has 0 aliphatic heterocycles. The summed E-state index contributed by atoms with van der Waals surface area (Å²) in [4.78, 5) is 14.2. The van der Waals surface area contributed by atoms with E-state index in [4.69, 9.17) is 11.6 Å². The number of aromatic nitrogens is 1. The predicted octanol–water partition coefficient (Wildman–Crippen LogP) is 1.85. The van der Waals surface area contributed by atoms with E-state index in [2.05, 4.69) is 11.6 Å². The van der Waals surface area contributed by atoms with Gasteiger partial charge < -0.3 is 4.57 Å². The van der Waals surface area contributed by atoms with Crippen molar-refractivity contribution in [2.24, 2.45) is 12.0 Å². The number of aryl methyl sites for hydroxylation is 1. The second kappa shape index (κ2) is 5.32. The van der Waals surface area contributed by atoms with E-state index >= 15 is 0 Å². The highest BCUT2D eigenvalue weighted by atomic mass is 35.5. The number of allylic oxidation sites excluding steroid dienone is 1. The van der Waals surface area contributed by atoms with Gasteiger partial charge in [-0.1, -0.05) is 24.3 Å². The summed E-state index contributed by atoms with van der Waals surface area (Å²) in [5.74, 6) is 0. The fourth-order valence-corrected chi connectivity index (χ4v) is 1.20. The van der Waals surface area contributed by atoms with Crippen molar-refractivity contribution in [3.05, 3.63) is 47.2 Å². The molecule has 0 aliphatic rings. The van der Waals surface area contributed by atoms with Crippen LogP contribution in [-0.4, -0.2) is 10.9 Å². The number of rotatable bonds is 3. The van der Waals surface area contributed by atoms with E-state index < -0.39 is 0 Å². The van der Waals surface area contributed by atoms with E-state index in [1.54, 1.807) is 16.7 Å². The Morgan fingerprint density at radius 3 is 2.87 bits per heavy atom. The van der Waals surface area contributed by atoms with E-state index in [0.717, 1.165) is 5.56 Å². The predicted molar refractivity (Wildman–Crippen MR) is 61.1 cm³/mol. The Morgan fingerprint density at radius 1 is 1.60 bits per heavy atom. The minimum Gasteiger partial charge on any atom is -0.335 e. The number of hydrogen-bond donors (Lipinski definition) is 0. The van der Waals surface area contributed by atoms with Crippen LogP contribution in [0.3, 0.4) is 0 Å². The Labute approximate surface area is 93.0 Å². The maximum atomic E-state index is 10.1. The van der Waals surface area contributed by atoms with Gasteiger partial charge in [0, 0.05) is 19.3 Å². The number of hydrogen-bond acceptors (Lipinski definition) is 2. The number of halogens is 1. The number of nitrogens with zero attached hydrogens (tertiary/aromatic N) is 2. The van der Waals surface area contributed by atoms with E-state index in [1.165, 1.54) is 6.08 Å². The van der Waals surface area contributed by atoms with E-state index in [-0.39, 0.29) is 5.16 Å². The van der Waals surface area contributed by atoms with Gasteiger partial charge in [-0.05, 0) is 17.7 Å². The Balaban J connectivity index is 3.21. The van der Waals surface area contributed by atoms with Crippen molar-refractivity contribution in [3.8, 4) is 0 Å². The van der Waals surface area contributed by atoms with Gasteiger partial charge in [0.2, 0.25) is 0 Å². The van der Waals surface area contributed by atoms with Crippen molar-refractivity contribution in [3.63, 3.8) is 0 Å². The molecule has 15 heavy (non-hydrogen) atoms. The van der Waals surface area contributed by atoms with Crippen LogP contribution in [0.15, 0.2) is 41.1 Å². The SMILES string of the molecule is C=Cc1cc/c(=N/C(Cl)=C\C=O)n(C)c1. The van der Waals surface area contributed by atoms with E-state index in [0.29, 0.717) is 11.8 Å². The summed E-state index contributed by atoms with van der Waals surface area (Å²) < 4.78 is 1.80. The zero-order chi connectivity index (χ0) is 11.3. The fraction of sp³-hybridized carbons (Fsp3) is 0.0909. The average Bonchev–Trinajstić information content (AvgIpc) is 2.21. The van der Waals surface area contributed by atoms with Crippen LogP contribution >= 0.6 is 11.6 Å². The Hall–Kier alpha value is -1.61. The summed E-state index contributed by atoms with van der Waals surface area (Å²) >= 11 is 5.69. The largest absolute Gasteiger partial charge is 0.335 e. The molecule has 0 aromatic carbocycles. The lowest BCUT2D eigenvalue weighted by atomic mass is 10.3. The van der Waals surface area contributed by atoms with Crippen LogP contribution in [-0.2, 0) is 11.8 Å². The van der Waals surface area contributed by atoms with Crippen LogP contribution in [0.2, 0.25) is 0 Å². The zero-order valence-electron chi connectivity index (χ0n) is 8.35. The monoisotopic (exact) mass is 222 g/mol. The lowest BCUT2D eigenvalue weighted by molar-refractivity contribution is -0.104. The molecule has 0 unspecified atom stereocenters. The van der Waals surface area contributed by atoms with Gasteiger partial charge in [-0.25, -0.2) is 4.99 Å². The molecular weight excluding hydrogens is 212 g/mol. The lowest BCUT2D eigenvalue weighted by Gasteiger charge is -2.00. The molecule has 0 saturated heterocycles. The molecule has 3 nitrogen and oxygen atoms in total. The minimum absolute atomic E-state index is 0.159. The maximum absolute atomic E-state index is 10.1. The molecule has 0 spiro atoms. The first kappa shape index (κ1) is 11.5.